The van der Waals surface area contributed by atoms with E-state index in [1.165, 1.54) is 5.56 Å². The lowest BCUT2D eigenvalue weighted by Gasteiger charge is -2.37. The molecule has 3 nitrogen and oxygen atoms in total. The van der Waals surface area contributed by atoms with Gasteiger partial charge in [-0.3, -0.25) is 4.90 Å². The fraction of sp³-hybridized carbons (Fsp3) is 0.647. The van der Waals surface area contributed by atoms with Crippen molar-refractivity contribution in [2.45, 2.75) is 56.7 Å². The molecule has 0 amide bonds. The summed E-state index contributed by atoms with van der Waals surface area (Å²) in [7, 11) is 2.08. The summed E-state index contributed by atoms with van der Waals surface area (Å²) in [6.45, 7) is 2.82. The van der Waals surface area contributed by atoms with Gasteiger partial charge in [0.25, 0.3) is 0 Å². The summed E-state index contributed by atoms with van der Waals surface area (Å²) in [5.41, 5.74) is 7.06. The molecule has 0 spiro atoms. The molecule has 0 heterocycles. The smallest absolute Gasteiger partial charge is 0.0774 e. The van der Waals surface area contributed by atoms with Gasteiger partial charge in [-0.05, 0) is 44.0 Å². The van der Waals surface area contributed by atoms with E-state index in [1.54, 1.807) is 0 Å². The minimum Gasteiger partial charge on any atom is -0.389 e. The molecule has 0 aromatic heterocycles. The van der Waals surface area contributed by atoms with Gasteiger partial charge in [-0.1, -0.05) is 47.8 Å². The average Bonchev–Trinajstić information content (AvgIpc) is 2.87. The van der Waals surface area contributed by atoms with Gasteiger partial charge >= 0.3 is 0 Å². The summed E-state index contributed by atoms with van der Waals surface area (Å²) in [5.74, 6) is 0. The highest BCUT2D eigenvalue weighted by molar-refractivity contribution is 9.10. The number of likely N-dealkylation sites (N-methyl/N-ethyl adjacent to an activating group) is 1. The van der Waals surface area contributed by atoms with Crippen molar-refractivity contribution in [3.63, 3.8) is 0 Å². The van der Waals surface area contributed by atoms with Crippen LogP contribution in [0.1, 0.15) is 50.6 Å². The van der Waals surface area contributed by atoms with E-state index < -0.39 is 5.60 Å². The van der Waals surface area contributed by atoms with Crippen LogP contribution in [0, 0.1) is 0 Å². The Hall–Kier alpha value is -0.420. The number of aliphatic hydroxyl groups is 1. The number of halogens is 1. The minimum atomic E-state index is -0.532. The Labute approximate surface area is 136 Å². The van der Waals surface area contributed by atoms with Crippen LogP contribution < -0.4 is 5.73 Å². The van der Waals surface area contributed by atoms with E-state index in [-0.39, 0.29) is 12.1 Å². The number of hydrogen-bond donors (Lipinski definition) is 2. The fourth-order valence-electron chi connectivity index (χ4n) is 3.47. The number of nitrogens with zero attached hydrogens (tertiary/aromatic N) is 1. The zero-order chi connectivity index (χ0) is 15.5. The van der Waals surface area contributed by atoms with E-state index in [0.717, 1.165) is 36.6 Å². The monoisotopic (exact) mass is 354 g/mol. The van der Waals surface area contributed by atoms with E-state index in [9.17, 15) is 5.11 Å². The normalized spacial score (nSPS) is 20.7. The zero-order valence-electron chi connectivity index (χ0n) is 13.1. The van der Waals surface area contributed by atoms with Crippen molar-refractivity contribution in [2.75, 3.05) is 13.6 Å². The molecule has 1 aromatic rings. The van der Waals surface area contributed by atoms with Crippen LogP contribution in [0.5, 0.6) is 0 Å². The second-order valence-electron chi connectivity index (χ2n) is 6.42. The first-order valence-corrected chi connectivity index (χ1v) is 8.68. The van der Waals surface area contributed by atoms with Gasteiger partial charge in [-0.2, -0.15) is 0 Å². The second-order valence-corrected chi connectivity index (χ2v) is 7.33. The van der Waals surface area contributed by atoms with E-state index in [2.05, 4.69) is 59.1 Å². The van der Waals surface area contributed by atoms with Gasteiger partial charge in [0.2, 0.25) is 0 Å². The van der Waals surface area contributed by atoms with Crippen molar-refractivity contribution in [1.29, 1.82) is 0 Å². The summed E-state index contributed by atoms with van der Waals surface area (Å²) in [6, 6.07) is 8.58. The van der Waals surface area contributed by atoms with E-state index >= 15 is 0 Å². The van der Waals surface area contributed by atoms with Crippen LogP contribution in [0.25, 0.3) is 0 Å². The molecular weight excluding hydrogens is 328 g/mol. The first-order valence-electron chi connectivity index (χ1n) is 7.89. The van der Waals surface area contributed by atoms with Crippen LogP contribution in [0.2, 0.25) is 0 Å². The van der Waals surface area contributed by atoms with E-state index in [1.807, 2.05) is 0 Å². The first kappa shape index (κ1) is 16.9. The van der Waals surface area contributed by atoms with Crippen molar-refractivity contribution in [3.8, 4) is 0 Å². The van der Waals surface area contributed by atoms with Crippen molar-refractivity contribution >= 4 is 15.9 Å². The lowest BCUT2D eigenvalue weighted by molar-refractivity contribution is 0.00165. The number of hydrogen-bond acceptors (Lipinski definition) is 3. The lowest BCUT2D eigenvalue weighted by atomic mass is 9.94. The quantitative estimate of drug-likeness (QED) is 0.822. The van der Waals surface area contributed by atoms with Gasteiger partial charge in [0.15, 0.2) is 0 Å². The molecule has 0 bridgehead atoms. The molecule has 1 aliphatic carbocycles. The van der Waals surface area contributed by atoms with Crippen LogP contribution in [0.15, 0.2) is 28.7 Å². The highest BCUT2D eigenvalue weighted by Crippen LogP contribution is 2.33. The second kappa shape index (κ2) is 7.23. The first-order chi connectivity index (χ1) is 9.95. The highest BCUT2D eigenvalue weighted by Gasteiger charge is 2.35. The van der Waals surface area contributed by atoms with Crippen LogP contribution >= 0.6 is 15.9 Å². The molecule has 0 aliphatic heterocycles. The third-order valence-electron chi connectivity index (χ3n) is 4.64. The maximum Gasteiger partial charge on any atom is 0.0774 e. The van der Waals surface area contributed by atoms with Crippen LogP contribution in [0.4, 0.5) is 0 Å². The fourth-order valence-corrected chi connectivity index (χ4v) is 3.73. The van der Waals surface area contributed by atoms with Gasteiger partial charge in [-0.15, -0.1) is 0 Å². The molecule has 2 atom stereocenters. The molecule has 21 heavy (non-hydrogen) atoms. The Morgan fingerprint density at radius 2 is 1.86 bits per heavy atom. The highest BCUT2D eigenvalue weighted by atomic mass is 79.9. The third-order valence-corrected chi connectivity index (χ3v) is 5.17. The number of nitrogens with two attached hydrogens (primary N) is 1. The zero-order valence-corrected chi connectivity index (χ0v) is 14.6. The van der Waals surface area contributed by atoms with Gasteiger partial charge in [0, 0.05) is 23.1 Å². The summed E-state index contributed by atoms with van der Waals surface area (Å²) in [5, 5.41) is 10.7. The molecule has 1 aliphatic rings. The Kier molecular flexibility index (Phi) is 5.83. The SMILES string of the molecule is CCC(N)C(c1ccc(Br)cc1)N(C)CC1(O)CCCC1. The van der Waals surface area contributed by atoms with E-state index in [4.69, 9.17) is 5.73 Å². The minimum absolute atomic E-state index is 0.0705. The Balaban J connectivity index is 2.17. The maximum atomic E-state index is 10.7. The molecule has 4 heteroatoms. The van der Waals surface area contributed by atoms with Gasteiger partial charge in [0.1, 0.15) is 0 Å². The summed E-state index contributed by atoms with van der Waals surface area (Å²) in [4.78, 5) is 2.24. The summed E-state index contributed by atoms with van der Waals surface area (Å²) >= 11 is 3.48. The predicted octanol–water partition coefficient (Wildman–Crippen LogP) is 3.46. The van der Waals surface area contributed by atoms with Crippen molar-refractivity contribution in [2.24, 2.45) is 5.73 Å². The predicted molar refractivity (Wildman–Crippen MR) is 91.2 cm³/mol. The van der Waals surface area contributed by atoms with Crippen molar-refractivity contribution in [1.82, 2.24) is 4.90 Å². The molecule has 2 unspecified atom stereocenters. The maximum absolute atomic E-state index is 10.7. The molecule has 1 aromatic carbocycles. The average molecular weight is 355 g/mol. The van der Waals surface area contributed by atoms with Crippen molar-refractivity contribution in [3.05, 3.63) is 34.3 Å². The molecule has 2 rings (SSSR count). The van der Waals surface area contributed by atoms with Gasteiger partial charge in [0.05, 0.1) is 5.60 Å². The molecule has 1 saturated carbocycles. The number of rotatable bonds is 6. The third kappa shape index (κ3) is 4.28. The molecule has 118 valence electrons. The summed E-state index contributed by atoms with van der Waals surface area (Å²) < 4.78 is 1.08. The molecule has 0 radical (unpaired) electrons. The largest absolute Gasteiger partial charge is 0.389 e. The lowest BCUT2D eigenvalue weighted by Crippen LogP contribution is -2.46. The van der Waals surface area contributed by atoms with Crippen LogP contribution in [-0.4, -0.2) is 35.2 Å². The number of benzene rings is 1. The van der Waals surface area contributed by atoms with Gasteiger partial charge in [-0.25, -0.2) is 0 Å². The molecule has 0 saturated heterocycles. The molecule has 3 N–H and O–H groups in total. The summed E-state index contributed by atoms with van der Waals surface area (Å²) in [6.07, 6.45) is 5.00. The molecular formula is C17H27BrN2O. The van der Waals surface area contributed by atoms with E-state index in [0.29, 0.717) is 6.54 Å². The van der Waals surface area contributed by atoms with Crippen LogP contribution in [0.3, 0.4) is 0 Å². The Morgan fingerprint density at radius 3 is 2.38 bits per heavy atom. The van der Waals surface area contributed by atoms with Crippen molar-refractivity contribution < 1.29 is 5.11 Å². The topological polar surface area (TPSA) is 49.5 Å². The Bertz CT molecular complexity index is 443. The standard InChI is InChI=1S/C17H27BrN2O/c1-3-15(19)16(13-6-8-14(18)9-7-13)20(2)12-17(21)10-4-5-11-17/h6-9,15-16,21H,3-5,10-12,19H2,1-2H3. The Morgan fingerprint density at radius 1 is 1.29 bits per heavy atom. The molecule has 1 fully saturated rings. The van der Waals surface area contributed by atoms with Gasteiger partial charge < -0.3 is 10.8 Å². The van der Waals surface area contributed by atoms with Crippen LogP contribution in [-0.2, 0) is 0 Å².